The standard InChI is InChI=1S/C28H29N5O4S2/c1-2-37-12-6-11-32-27(36)22(39-28(32)38)14-20-25(29-23-8-3-4-10-31(23)26(20)35)30-15-18-13-19(17-30)21-7-5-9-24(34)33(21)16-18/h3-5,7-10,14,18-19H,2,6,11-13,15-17H2,1H3. The predicted molar refractivity (Wildman–Crippen MR) is 156 cm³/mol. The number of aromatic nitrogens is 3. The molecule has 39 heavy (non-hydrogen) atoms. The van der Waals surface area contributed by atoms with Gasteiger partial charge in [0.2, 0.25) is 0 Å². The second kappa shape index (κ2) is 10.7. The molecule has 6 heterocycles. The number of rotatable bonds is 7. The lowest BCUT2D eigenvalue weighted by atomic mass is 9.83. The van der Waals surface area contributed by atoms with Gasteiger partial charge in [0.15, 0.2) is 0 Å². The Morgan fingerprint density at radius 3 is 2.85 bits per heavy atom. The number of thiocarbonyl (C=S) groups is 1. The van der Waals surface area contributed by atoms with Gasteiger partial charge in [-0.1, -0.05) is 36.1 Å². The molecule has 11 heteroatoms. The molecule has 3 aromatic rings. The zero-order valence-electron chi connectivity index (χ0n) is 21.6. The number of hydrogen-bond acceptors (Lipinski definition) is 8. The molecule has 0 aliphatic carbocycles. The molecule has 3 aliphatic rings. The van der Waals surface area contributed by atoms with E-state index in [4.69, 9.17) is 21.9 Å². The second-order valence-electron chi connectivity index (χ2n) is 10.1. The molecule has 0 aromatic carbocycles. The summed E-state index contributed by atoms with van der Waals surface area (Å²) in [6.45, 7) is 5.53. The van der Waals surface area contributed by atoms with Gasteiger partial charge < -0.3 is 14.2 Å². The van der Waals surface area contributed by atoms with E-state index >= 15 is 0 Å². The molecule has 0 radical (unpaired) electrons. The Hall–Kier alpha value is -3.28. The summed E-state index contributed by atoms with van der Waals surface area (Å²) in [6.07, 6.45) is 5.02. The molecule has 2 atom stereocenters. The highest BCUT2D eigenvalue weighted by atomic mass is 32.2. The van der Waals surface area contributed by atoms with Crippen LogP contribution in [-0.4, -0.2) is 61.9 Å². The van der Waals surface area contributed by atoms with E-state index in [-0.39, 0.29) is 28.9 Å². The van der Waals surface area contributed by atoms with Crippen LogP contribution in [0.4, 0.5) is 5.82 Å². The van der Waals surface area contributed by atoms with Crippen molar-refractivity contribution in [1.82, 2.24) is 18.9 Å². The average molecular weight is 564 g/mol. The van der Waals surface area contributed by atoms with Crippen molar-refractivity contribution < 1.29 is 9.53 Å². The summed E-state index contributed by atoms with van der Waals surface area (Å²) in [6, 6.07) is 10.9. The number of fused-ring (bicyclic) bond motifs is 5. The third kappa shape index (κ3) is 4.83. The van der Waals surface area contributed by atoms with Crippen molar-refractivity contribution in [3.63, 3.8) is 0 Å². The van der Waals surface area contributed by atoms with Gasteiger partial charge in [-0.05, 0) is 50.0 Å². The number of piperidine rings is 1. The normalized spacial score (nSPS) is 21.7. The zero-order chi connectivity index (χ0) is 27.1. The van der Waals surface area contributed by atoms with Crippen LogP contribution in [0, 0.1) is 5.92 Å². The molecule has 3 aliphatic heterocycles. The molecule has 0 spiro atoms. The van der Waals surface area contributed by atoms with E-state index in [9.17, 15) is 14.4 Å². The minimum absolute atomic E-state index is 0.0293. The highest BCUT2D eigenvalue weighted by Crippen LogP contribution is 2.38. The topological polar surface area (TPSA) is 89.2 Å². The molecule has 2 saturated heterocycles. The summed E-state index contributed by atoms with van der Waals surface area (Å²) in [5.41, 5.74) is 1.74. The van der Waals surface area contributed by atoms with Crippen LogP contribution in [0.2, 0.25) is 0 Å². The Morgan fingerprint density at radius 1 is 1.13 bits per heavy atom. The van der Waals surface area contributed by atoms with Crippen LogP contribution in [-0.2, 0) is 16.1 Å². The summed E-state index contributed by atoms with van der Waals surface area (Å²) in [4.78, 5) is 48.7. The summed E-state index contributed by atoms with van der Waals surface area (Å²) in [5, 5.41) is 0. The number of amides is 1. The lowest BCUT2D eigenvalue weighted by molar-refractivity contribution is -0.122. The Morgan fingerprint density at radius 2 is 2.00 bits per heavy atom. The molecule has 0 saturated carbocycles. The van der Waals surface area contributed by atoms with Crippen LogP contribution in [0.3, 0.4) is 0 Å². The average Bonchev–Trinajstić information content (AvgIpc) is 3.20. The number of carbonyl (C=O) groups is 1. The number of thioether (sulfide) groups is 1. The lowest BCUT2D eigenvalue weighted by Gasteiger charge is -2.43. The van der Waals surface area contributed by atoms with E-state index in [2.05, 4.69) is 4.90 Å². The van der Waals surface area contributed by atoms with Gasteiger partial charge in [0.05, 0.1) is 10.5 Å². The monoisotopic (exact) mass is 563 g/mol. The summed E-state index contributed by atoms with van der Waals surface area (Å²) < 4.78 is 9.28. The van der Waals surface area contributed by atoms with Gasteiger partial charge in [-0.15, -0.1) is 0 Å². The van der Waals surface area contributed by atoms with Gasteiger partial charge >= 0.3 is 0 Å². The van der Waals surface area contributed by atoms with Crippen LogP contribution >= 0.6 is 24.0 Å². The van der Waals surface area contributed by atoms with Crippen LogP contribution in [0.25, 0.3) is 11.7 Å². The van der Waals surface area contributed by atoms with E-state index in [0.717, 1.165) is 12.1 Å². The van der Waals surface area contributed by atoms with Crippen LogP contribution in [0.15, 0.2) is 57.1 Å². The SMILES string of the molecule is CCOCCCN1C(=O)C(=Cc2c(N3CC4CC(C3)c3cccc(=O)n3C4)nc3ccccn3c2=O)SC1=S. The van der Waals surface area contributed by atoms with Crippen molar-refractivity contribution in [2.75, 3.05) is 37.7 Å². The summed E-state index contributed by atoms with van der Waals surface area (Å²) >= 11 is 6.72. The maximum atomic E-state index is 13.8. The number of nitrogens with zero attached hydrogens (tertiary/aromatic N) is 5. The summed E-state index contributed by atoms with van der Waals surface area (Å²) in [5.74, 6) is 0.769. The molecule has 1 amide bonds. The minimum Gasteiger partial charge on any atom is -0.382 e. The lowest BCUT2D eigenvalue weighted by Crippen LogP contribution is -2.48. The largest absolute Gasteiger partial charge is 0.382 e. The molecule has 3 aromatic heterocycles. The Labute approximate surface area is 235 Å². The molecule has 202 valence electrons. The number of anilines is 1. The van der Waals surface area contributed by atoms with E-state index < -0.39 is 0 Å². The fraction of sp³-hybridized carbons (Fsp3) is 0.393. The van der Waals surface area contributed by atoms with Crippen LogP contribution in [0.5, 0.6) is 0 Å². The molecule has 2 fully saturated rings. The van der Waals surface area contributed by atoms with Gasteiger partial charge in [0.25, 0.3) is 17.0 Å². The predicted octanol–water partition coefficient (Wildman–Crippen LogP) is 3.11. The fourth-order valence-corrected chi connectivity index (χ4v) is 7.11. The van der Waals surface area contributed by atoms with Gasteiger partial charge in [0.1, 0.15) is 15.8 Å². The molecule has 6 rings (SSSR count). The molecule has 2 bridgehead atoms. The van der Waals surface area contributed by atoms with Gasteiger partial charge in [0, 0.05) is 63.3 Å². The van der Waals surface area contributed by atoms with Gasteiger partial charge in [-0.2, -0.15) is 0 Å². The van der Waals surface area contributed by atoms with Crippen molar-refractivity contribution in [2.45, 2.75) is 32.2 Å². The first-order valence-electron chi connectivity index (χ1n) is 13.2. The molecule has 2 unspecified atom stereocenters. The van der Waals surface area contributed by atoms with E-state index in [0.29, 0.717) is 72.1 Å². The van der Waals surface area contributed by atoms with Crippen molar-refractivity contribution >= 4 is 51.7 Å². The maximum absolute atomic E-state index is 13.8. The molecular weight excluding hydrogens is 534 g/mol. The van der Waals surface area contributed by atoms with Gasteiger partial charge in [-0.25, -0.2) is 4.98 Å². The Bertz CT molecular complexity index is 1610. The molecular formula is C28H29N5O4S2. The highest BCUT2D eigenvalue weighted by molar-refractivity contribution is 8.26. The Balaban J connectivity index is 1.38. The van der Waals surface area contributed by atoms with Crippen molar-refractivity contribution in [3.8, 4) is 0 Å². The van der Waals surface area contributed by atoms with Crippen molar-refractivity contribution in [1.29, 1.82) is 0 Å². The molecule has 0 N–H and O–H groups in total. The fourth-order valence-electron chi connectivity index (χ4n) is 5.82. The third-order valence-electron chi connectivity index (χ3n) is 7.55. The number of pyridine rings is 2. The molecule has 9 nitrogen and oxygen atoms in total. The van der Waals surface area contributed by atoms with E-state index in [1.807, 2.05) is 35.8 Å². The first kappa shape index (κ1) is 26.0. The van der Waals surface area contributed by atoms with Gasteiger partial charge in [-0.3, -0.25) is 23.7 Å². The minimum atomic E-state index is -0.232. The number of ether oxygens (including phenoxy) is 1. The zero-order valence-corrected chi connectivity index (χ0v) is 23.2. The number of carbonyl (C=O) groups excluding carboxylic acids is 1. The van der Waals surface area contributed by atoms with E-state index in [1.54, 1.807) is 29.3 Å². The maximum Gasteiger partial charge on any atom is 0.267 e. The first-order chi connectivity index (χ1) is 18.9. The smallest absolute Gasteiger partial charge is 0.267 e. The highest BCUT2D eigenvalue weighted by Gasteiger charge is 2.37. The quantitative estimate of drug-likeness (QED) is 0.246. The first-order valence-corrected chi connectivity index (χ1v) is 14.5. The Kier molecular flexibility index (Phi) is 7.13. The summed E-state index contributed by atoms with van der Waals surface area (Å²) in [7, 11) is 0. The van der Waals surface area contributed by atoms with Crippen molar-refractivity contribution in [3.05, 3.63) is 79.5 Å². The number of hydrogen-bond donors (Lipinski definition) is 0. The van der Waals surface area contributed by atoms with Crippen LogP contribution in [0.1, 0.15) is 36.9 Å². The van der Waals surface area contributed by atoms with Crippen molar-refractivity contribution in [2.24, 2.45) is 5.92 Å². The van der Waals surface area contributed by atoms with Crippen LogP contribution < -0.4 is 16.0 Å². The van der Waals surface area contributed by atoms with E-state index in [1.165, 1.54) is 16.2 Å². The third-order valence-corrected chi connectivity index (χ3v) is 8.93. The second-order valence-corrected chi connectivity index (χ2v) is 11.7.